The second-order valence-corrected chi connectivity index (χ2v) is 9.20. The minimum Gasteiger partial charge on any atom is -0.497 e. The lowest BCUT2D eigenvalue weighted by atomic mass is 10.1. The molecule has 3 aromatic rings. The standard InChI is InChI=1S/C28H26ClN3O5/c1-17(35-2)19-14-22(29)26(15-20(19)28(34)36-3)37-25-10-11-30-16-21(25)27(33)32-13-12-31(18-8-9-18)23-6-4-5-7-24(23)32/h4-7,10-11,14-16,18H,1,8-9,12-13H2,2-3H3. The molecule has 1 saturated carbocycles. The third kappa shape index (κ3) is 4.72. The Morgan fingerprint density at radius 2 is 1.73 bits per heavy atom. The molecule has 2 heterocycles. The van der Waals surface area contributed by atoms with Crippen molar-refractivity contribution in [1.29, 1.82) is 0 Å². The van der Waals surface area contributed by atoms with E-state index in [1.165, 1.54) is 51.6 Å². The molecular formula is C28H26ClN3O5. The molecule has 0 radical (unpaired) electrons. The second-order valence-electron chi connectivity index (χ2n) is 8.79. The maximum atomic E-state index is 13.8. The molecule has 5 rings (SSSR count). The largest absolute Gasteiger partial charge is 0.497 e. The summed E-state index contributed by atoms with van der Waals surface area (Å²) in [6.45, 7) is 5.11. The number of hydrogen-bond acceptors (Lipinski definition) is 7. The number of methoxy groups -OCH3 is 2. The van der Waals surface area contributed by atoms with Gasteiger partial charge in [0.05, 0.1) is 36.2 Å². The molecule has 0 saturated heterocycles. The normalized spacial score (nSPS) is 14.6. The lowest BCUT2D eigenvalue weighted by Gasteiger charge is -2.38. The molecule has 1 aliphatic heterocycles. The first-order chi connectivity index (χ1) is 17.9. The summed E-state index contributed by atoms with van der Waals surface area (Å²) >= 11 is 6.51. The minimum absolute atomic E-state index is 0.167. The highest BCUT2D eigenvalue weighted by Gasteiger charge is 2.36. The van der Waals surface area contributed by atoms with Gasteiger partial charge < -0.3 is 24.0 Å². The van der Waals surface area contributed by atoms with E-state index in [4.69, 9.17) is 25.8 Å². The number of anilines is 2. The van der Waals surface area contributed by atoms with Crippen LogP contribution in [0.1, 0.15) is 39.1 Å². The number of benzene rings is 2. The Morgan fingerprint density at radius 1 is 0.973 bits per heavy atom. The number of esters is 1. The molecule has 9 heteroatoms. The number of nitrogens with zero attached hydrogens (tertiary/aromatic N) is 3. The smallest absolute Gasteiger partial charge is 0.338 e. The summed E-state index contributed by atoms with van der Waals surface area (Å²) in [6.07, 6.45) is 5.35. The predicted octanol–water partition coefficient (Wildman–Crippen LogP) is 5.56. The molecule has 37 heavy (non-hydrogen) atoms. The third-order valence-corrected chi connectivity index (χ3v) is 6.83. The summed E-state index contributed by atoms with van der Waals surface area (Å²) in [5, 5.41) is 0.208. The highest BCUT2D eigenvalue weighted by Crippen LogP contribution is 2.41. The average molecular weight is 520 g/mol. The topological polar surface area (TPSA) is 81.2 Å². The monoisotopic (exact) mass is 519 g/mol. The molecule has 0 unspecified atom stereocenters. The van der Waals surface area contributed by atoms with E-state index in [0.29, 0.717) is 18.2 Å². The van der Waals surface area contributed by atoms with Crippen LogP contribution in [-0.4, -0.2) is 50.2 Å². The summed E-state index contributed by atoms with van der Waals surface area (Å²) in [4.78, 5) is 34.6. The van der Waals surface area contributed by atoms with Crippen LogP contribution in [0.5, 0.6) is 11.5 Å². The molecule has 1 aliphatic carbocycles. The number of rotatable bonds is 7. The van der Waals surface area contributed by atoms with Gasteiger partial charge in [0.15, 0.2) is 0 Å². The molecule has 0 N–H and O–H groups in total. The van der Waals surface area contributed by atoms with Gasteiger partial charge in [0, 0.05) is 37.1 Å². The van der Waals surface area contributed by atoms with Crippen molar-refractivity contribution in [2.75, 3.05) is 37.1 Å². The van der Waals surface area contributed by atoms with E-state index in [1.54, 1.807) is 11.0 Å². The molecule has 190 valence electrons. The summed E-state index contributed by atoms with van der Waals surface area (Å²) in [6, 6.07) is 13.0. The van der Waals surface area contributed by atoms with E-state index in [-0.39, 0.29) is 39.3 Å². The third-order valence-electron chi connectivity index (χ3n) is 6.53. The van der Waals surface area contributed by atoms with E-state index in [1.807, 2.05) is 18.2 Å². The molecule has 1 fully saturated rings. The highest BCUT2D eigenvalue weighted by molar-refractivity contribution is 6.32. The van der Waals surface area contributed by atoms with Gasteiger partial charge in [-0.25, -0.2) is 4.79 Å². The van der Waals surface area contributed by atoms with Gasteiger partial charge in [0.1, 0.15) is 22.8 Å². The van der Waals surface area contributed by atoms with Crippen LogP contribution in [0.25, 0.3) is 5.76 Å². The molecule has 8 nitrogen and oxygen atoms in total. The summed E-state index contributed by atoms with van der Waals surface area (Å²) in [5.74, 6) is -0.157. The van der Waals surface area contributed by atoms with Crippen LogP contribution < -0.4 is 14.5 Å². The Bertz CT molecular complexity index is 1390. The van der Waals surface area contributed by atoms with Gasteiger partial charge in [-0.2, -0.15) is 0 Å². The van der Waals surface area contributed by atoms with Crippen LogP contribution in [0.2, 0.25) is 5.02 Å². The summed E-state index contributed by atoms with van der Waals surface area (Å²) in [5.41, 5.74) is 2.73. The van der Waals surface area contributed by atoms with Crippen molar-refractivity contribution < 1.29 is 23.8 Å². The number of aromatic nitrogens is 1. The van der Waals surface area contributed by atoms with Gasteiger partial charge in [-0.15, -0.1) is 0 Å². The minimum atomic E-state index is -0.606. The van der Waals surface area contributed by atoms with Crippen LogP contribution in [-0.2, 0) is 9.47 Å². The van der Waals surface area contributed by atoms with E-state index in [9.17, 15) is 9.59 Å². The van der Waals surface area contributed by atoms with Crippen LogP contribution in [0.4, 0.5) is 11.4 Å². The Balaban J connectivity index is 1.49. The van der Waals surface area contributed by atoms with Gasteiger partial charge in [0.2, 0.25) is 0 Å². The van der Waals surface area contributed by atoms with Crippen molar-refractivity contribution in [2.24, 2.45) is 0 Å². The van der Waals surface area contributed by atoms with E-state index in [0.717, 1.165) is 17.9 Å². The van der Waals surface area contributed by atoms with Crippen molar-refractivity contribution in [3.63, 3.8) is 0 Å². The Hall–Kier alpha value is -4.04. The van der Waals surface area contributed by atoms with Crippen LogP contribution in [0, 0.1) is 0 Å². The molecule has 0 spiro atoms. The van der Waals surface area contributed by atoms with E-state index < -0.39 is 5.97 Å². The van der Waals surface area contributed by atoms with Gasteiger partial charge in [0.25, 0.3) is 5.91 Å². The average Bonchev–Trinajstić information content (AvgIpc) is 3.78. The van der Waals surface area contributed by atoms with E-state index >= 15 is 0 Å². The van der Waals surface area contributed by atoms with Gasteiger partial charge in [-0.3, -0.25) is 9.78 Å². The first-order valence-corrected chi connectivity index (χ1v) is 12.2. The SMILES string of the molecule is C=C(OC)c1cc(Cl)c(Oc2ccncc2C(=O)N2CCN(C3CC3)c3ccccc32)cc1C(=O)OC. The van der Waals surface area contributed by atoms with Crippen molar-refractivity contribution in [3.05, 3.63) is 83.2 Å². The number of carbonyl (C=O) groups excluding carboxylic acids is 2. The Kier molecular flexibility index (Phi) is 6.76. The van der Waals surface area contributed by atoms with Crippen molar-refractivity contribution in [2.45, 2.75) is 18.9 Å². The number of hydrogen-bond donors (Lipinski definition) is 0. The first-order valence-electron chi connectivity index (χ1n) is 11.9. The summed E-state index contributed by atoms with van der Waals surface area (Å²) in [7, 11) is 2.72. The van der Waals surface area contributed by atoms with Crippen molar-refractivity contribution in [1.82, 2.24) is 4.98 Å². The van der Waals surface area contributed by atoms with E-state index in [2.05, 4.69) is 22.5 Å². The fraction of sp³-hybridized carbons (Fsp3) is 0.250. The van der Waals surface area contributed by atoms with Gasteiger partial charge in [-0.05, 0) is 43.2 Å². The number of halogens is 1. The fourth-order valence-electron chi connectivity index (χ4n) is 4.51. The maximum absolute atomic E-state index is 13.8. The number of para-hydroxylation sites is 2. The molecule has 1 amide bonds. The number of fused-ring (bicyclic) bond motifs is 1. The zero-order valence-corrected chi connectivity index (χ0v) is 21.3. The Morgan fingerprint density at radius 3 is 2.43 bits per heavy atom. The molecular weight excluding hydrogens is 494 g/mol. The highest BCUT2D eigenvalue weighted by atomic mass is 35.5. The van der Waals surface area contributed by atoms with Gasteiger partial charge in [-0.1, -0.05) is 30.3 Å². The Labute approximate surface area is 220 Å². The molecule has 1 aromatic heterocycles. The van der Waals surface area contributed by atoms with Crippen LogP contribution >= 0.6 is 11.6 Å². The fourth-order valence-corrected chi connectivity index (χ4v) is 4.71. The molecule has 2 aromatic carbocycles. The predicted molar refractivity (Wildman–Crippen MR) is 142 cm³/mol. The van der Waals surface area contributed by atoms with Crippen molar-refractivity contribution >= 4 is 40.6 Å². The zero-order valence-electron chi connectivity index (χ0n) is 20.6. The molecule has 0 atom stereocenters. The lowest BCUT2D eigenvalue weighted by Crippen LogP contribution is -2.45. The van der Waals surface area contributed by atoms with Gasteiger partial charge >= 0.3 is 5.97 Å². The maximum Gasteiger partial charge on any atom is 0.338 e. The summed E-state index contributed by atoms with van der Waals surface area (Å²) < 4.78 is 16.2. The van der Waals surface area contributed by atoms with Crippen LogP contribution in [0.3, 0.4) is 0 Å². The van der Waals surface area contributed by atoms with Crippen molar-refractivity contribution in [3.8, 4) is 11.5 Å². The number of amides is 1. The second kappa shape index (κ2) is 10.1. The molecule has 2 aliphatic rings. The first kappa shape index (κ1) is 24.6. The zero-order chi connectivity index (χ0) is 26.1. The van der Waals surface area contributed by atoms with Crippen LogP contribution in [0.15, 0.2) is 61.4 Å². The quantitative estimate of drug-likeness (QED) is 0.298. The number of pyridine rings is 1. The molecule has 0 bridgehead atoms. The lowest BCUT2D eigenvalue weighted by molar-refractivity contribution is 0.0599. The number of ether oxygens (including phenoxy) is 3. The number of carbonyl (C=O) groups is 2.